The molecule has 2 aliphatic rings. The van der Waals surface area contributed by atoms with Crippen molar-refractivity contribution in [2.75, 3.05) is 26.2 Å². The molecule has 2 fully saturated rings. The number of sulfonamides is 1. The number of hydrogen-bond acceptors (Lipinski definition) is 5. The molecule has 9 heteroatoms. The minimum atomic E-state index is -3.92. The molecule has 0 radical (unpaired) electrons. The molecule has 7 nitrogen and oxygen atoms in total. The number of carbonyl (C=O) groups excluding carboxylic acids is 1. The molecule has 1 aromatic heterocycles. The summed E-state index contributed by atoms with van der Waals surface area (Å²) in [6, 6.07) is 6.96. The Labute approximate surface area is 150 Å². The first-order valence-electron chi connectivity index (χ1n) is 8.47. The summed E-state index contributed by atoms with van der Waals surface area (Å²) >= 11 is 0. The van der Waals surface area contributed by atoms with Crippen LogP contribution < -0.4 is 0 Å². The van der Waals surface area contributed by atoms with E-state index >= 15 is 0 Å². The Bertz CT molecular complexity index is 931. The molecule has 0 unspecified atom stereocenters. The second-order valence-corrected chi connectivity index (χ2v) is 8.42. The minimum absolute atomic E-state index is 0.107. The number of aromatic nitrogens is 1. The Kier molecular flexibility index (Phi) is 4.28. The van der Waals surface area contributed by atoms with Crippen LogP contribution in [0.15, 0.2) is 39.8 Å². The highest BCUT2D eigenvalue weighted by Gasteiger charge is 2.34. The van der Waals surface area contributed by atoms with Gasteiger partial charge in [0.1, 0.15) is 16.5 Å². The lowest BCUT2D eigenvalue weighted by Crippen LogP contribution is -2.50. The van der Waals surface area contributed by atoms with Crippen molar-refractivity contribution in [2.45, 2.75) is 23.7 Å². The average molecular weight is 379 g/mol. The van der Waals surface area contributed by atoms with Gasteiger partial charge in [-0.05, 0) is 25.0 Å². The van der Waals surface area contributed by atoms with Gasteiger partial charge in [0, 0.05) is 38.2 Å². The molecule has 1 saturated carbocycles. The predicted octanol–water partition coefficient (Wildman–Crippen LogP) is 1.84. The number of halogens is 1. The van der Waals surface area contributed by atoms with Gasteiger partial charge in [-0.3, -0.25) is 4.79 Å². The summed E-state index contributed by atoms with van der Waals surface area (Å²) in [4.78, 5) is 13.7. The molecule has 138 valence electrons. The van der Waals surface area contributed by atoms with E-state index in [4.69, 9.17) is 4.52 Å². The number of benzene rings is 1. The Morgan fingerprint density at radius 1 is 1.15 bits per heavy atom. The standard InChI is InChI=1S/C17H18FN3O4S/c18-13-3-1-2-4-16(13)26(23,24)21-9-7-20(8-10-21)17(22)14-11-15(25-19-14)12-5-6-12/h1-4,11-12H,5-10H2. The summed E-state index contributed by atoms with van der Waals surface area (Å²) in [7, 11) is -3.92. The SMILES string of the molecule is O=C(c1cc(C2CC2)on1)N1CCN(S(=O)(=O)c2ccccc2F)CC1. The van der Waals surface area contributed by atoms with E-state index in [9.17, 15) is 17.6 Å². The quantitative estimate of drug-likeness (QED) is 0.809. The summed E-state index contributed by atoms with van der Waals surface area (Å²) in [6.45, 7) is 0.655. The topological polar surface area (TPSA) is 83.7 Å². The second kappa shape index (κ2) is 6.48. The third-order valence-corrected chi connectivity index (χ3v) is 6.64. The molecule has 0 atom stereocenters. The summed E-state index contributed by atoms with van der Waals surface area (Å²) < 4.78 is 45.4. The average Bonchev–Trinajstić information content (AvgIpc) is 3.38. The highest BCUT2D eigenvalue weighted by Crippen LogP contribution is 2.40. The van der Waals surface area contributed by atoms with Crippen molar-refractivity contribution in [1.29, 1.82) is 0 Å². The van der Waals surface area contributed by atoms with E-state index in [1.165, 1.54) is 22.5 Å². The van der Waals surface area contributed by atoms with Crippen LogP contribution in [0.3, 0.4) is 0 Å². The number of carbonyl (C=O) groups is 1. The third kappa shape index (κ3) is 3.12. The molecular weight excluding hydrogens is 361 g/mol. The smallest absolute Gasteiger partial charge is 0.276 e. The van der Waals surface area contributed by atoms with Crippen molar-refractivity contribution in [2.24, 2.45) is 0 Å². The molecule has 2 aromatic rings. The van der Waals surface area contributed by atoms with Gasteiger partial charge in [0.2, 0.25) is 10.0 Å². The molecule has 26 heavy (non-hydrogen) atoms. The van der Waals surface area contributed by atoms with Gasteiger partial charge >= 0.3 is 0 Å². The molecule has 2 heterocycles. The Morgan fingerprint density at radius 2 is 1.85 bits per heavy atom. The van der Waals surface area contributed by atoms with Crippen LogP contribution >= 0.6 is 0 Å². The zero-order chi connectivity index (χ0) is 18.3. The van der Waals surface area contributed by atoms with E-state index in [0.717, 1.165) is 24.7 Å². The fourth-order valence-electron chi connectivity index (χ4n) is 3.04. The van der Waals surface area contributed by atoms with E-state index < -0.39 is 15.8 Å². The van der Waals surface area contributed by atoms with Crippen LogP contribution in [-0.2, 0) is 10.0 Å². The highest BCUT2D eigenvalue weighted by molar-refractivity contribution is 7.89. The van der Waals surface area contributed by atoms with E-state index in [1.54, 1.807) is 11.0 Å². The monoisotopic (exact) mass is 379 g/mol. The van der Waals surface area contributed by atoms with Crippen LogP contribution in [0.1, 0.15) is 35.0 Å². The molecule has 1 aromatic carbocycles. The Morgan fingerprint density at radius 3 is 2.50 bits per heavy atom. The van der Waals surface area contributed by atoms with Crippen LogP contribution in [0.4, 0.5) is 4.39 Å². The second-order valence-electron chi connectivity index (χ2n) is 6.52. The molecule has 0 bridgehead atoms. The van der Waals surface area contributed by atoms with Crippen LogP contribution in [0.5, 0.6) is 0 Å². The number of amides is 1. The van der Waals surface area contributed by atoms with Crippen molar-refractivity contribution < 1.29 is 22.1 Å². The number of piperazine rings is 1. The van der Waals surface area contributed by atoms with Crippen molar-refractivity contribution in [3.05, 3.63) is 47.6 Å². The number of rotatable bonds is 4. The van der Waals surface area contributed by atoms with Crippen molar-refractivity contribution in [1.82, 2.24) is 14.4 Å². The summed E-state index contributed by atoms with van der Waals surface area (Å²) in [6.07, 6.45) is 2.10. The van der Waals surface area contributed by atoms with E-state index in [2.05, 4.69) is 5.16 Å². The van der Waals surface area contributed by atoms with Gasteiger partial charge in [0.15, 0.2) is 5.69 Å². The molecule has 1 amide bonds. The Hall–Kier alpha value is -2.26. The van der Waals surface area contributed by atoms with E-state index in [-0.39, 0.29) is 42.7 Å². The lowest BCUT2D eigenvalue weighted by molar-refractivity contribution is 0.0687. The van der Waals surface area contributed by atoms with Crippen LogP contribution in [-0.4, -0.2) is 54.9 Å². The van der Waals surface area contributed by atoms with Gasteiger partial charge in [0.05, 0.1) is 0 Å². The largest absolute Gasteiger partial charge is 0.360 e. The van der Waals surface area contributed by atoms with Gasteiger partial charge in [-0.25, -0.2) is 12.8 Å². The van der Waals surface area contributed by atoms with Gasteiger partial charge in [-0.2, -0.15) is 4.31 Å². The zero-order valence-electron chi connectivity index (χ0n) is 14.0. The molecule has 1 aliphatic carbocycles. The lowest BCUT2D eigenvalue weighted by Gasteiger charge is -2.33. The van der Waals surface area contributed by atoms with Crippen molar-refractivity contribution in [3.8, 4) is 0 Å². The van der Waals surface area contributed by atoms with E-state index in [0.29, 0.717) is 5.92 Å². The minimum Gasteiger partial charge on any atom is -0.360 e. The molecule has 0 N–H and O–H groups in total. The molecular formula is C17H18FN3O4S. The highest BCUT2D eigenvalue weighted by atomic mass is 32.2. The van der Waals surface area contributed by atoms with Crippen molar-refractivity contribution in [3.63, 3.8) is 0 Å². The number of hydrogen-bond donors (Lipinski definition) is 0. The van der Waals surface area contributed by atoms with Gasteiger partial charge < -0.3 is 9.42 Å². The fraction of sp³-hybridized carbons (Fsp3) is 0.412. The van der Waals surface area contributed by atoms with Crippen molar-refractivity contribution >= 4 is 15.9 Å². The first-order valence-corrected chi connectivity index (χ1v) is 9.91. The summed E-state index contributed by atoms with van der Waals surface area (Å²) in [5.41, 5.74) is 0.248. The maximum absolute atomic E-state index is 13.9. The van der Waals surface area contributed by atoms with E-state index in [1.807, 2.05) is 0 Å². The maximum Gasteiger partial charge on any atom is 0.276 e. The summed E-state index contributed by atoms with van der Waals surface area (Å²) in [5, 5.41) is 3.83. The van der Waals surface area contributed by atoms with Gasteiger partial charge in [0.25, 0.3) is 5.91 Å². The van der Waals surface area contributed by atoms with Gasteiger partial charge in [-0.1, -0.05) is 17.3 Å². The number of nitrogens with zero attached hydrogens (tertiary/aromatic N) is 3. The molecule has 4 rings (SSSR count). The lowest BCUT2D eigenvalue weighted by atomic mass is 10.2. The zero-order valence-corrected chi connectivity index (χ0v) is 14.8. The first kappa shape index (κ1) is 17.2. The molecule has 1 saturated heterocycles. The third-order valence-electron chi connectivity index (χ3n) is 4.71. The fourth-order valence-corrected chi connectivity index (χ4v) is 4.52. The Balaban J connectivity index is 1.43. The first-order chi connectivity index (χ1) is 12.5. The normalized spacial score (nSPS) is 18.9. The van der Waals surface area contributed by atoms with Gasteiger partial charge in [-0.15, -0.1) is 0 Å². The maximum atomic E-state index is 13.9. The summed E-state index contributed by atoms with van der Waals surface area (Å²) in [5.74, 6) is 0.0470. The van der Waals surface area contributed by atoms with Crippen LogP contribution in [0, 0.1) is 5.82 Å². The van der Waals surface area contributed by atoms with Crippen LogP contribution in [0.2, 0.25) is 0 Å². The molecule has 0 spiro atoms. The predicted molar refractivity (Wildman–Crippen MR) is 89.5 cm³/mol. The van der Waals surface area contributed by atoms with Crippen LogP contribution in [0.25, 0.3) is 0 Å². The molecule has 1 aliphatic heterocycles.